The molecule has 0 aliphatic heterocycles. The van der Waals surface area contributed by atoms with Crippen LogP contribution in [-0.4, -0.2) is 24.3 Å². The number of hydrogen-bond acceptors (Lipinski definition) is 4. The highest BCUT2D eigenvalue weighted by Crippen LogP contribution is 2.14. The number of aromatic nitrogens is 5. The van der Waals surface area contributed by atoms with Crippen LogP contribution in [-0.2, 0) is 0 Å². The Bertz CT molecular complexity index is 554. The molecule has 5 heteroatoms. The summed E-state index contributed by atoms with van der Waals surface area (Å²) in [5.41, 5.74) is 2.37. The van der Waals surface area contributed by atoms with Crippen LogP contribution in [0.3, 0.4) is 0 Å². The van der Waals surface area contributed by atoms with Crippen molar-refractivity contribution in [2.45, 2.75) is 0 Å². The van der Waals surface area contributed by atoms with Crippen molar-refractivity contribution >= 4 is 5.65 Å². The van der Waals surface area contributed by atoms with E-state index in [0.29, 0.717) is 0 Å². The Balaban J connectivity index is 2.21. The summed E-state index contributed by atoms with van der Waals surface area (Å²) >= 11 is 0. The van der Waals surface area contributed by atoms with Gasteiger partial charge in [0.1, 0.15) is 11.4 Å². The first kappa shape index (κ1) is 8.05. The molecule has 3 aromatic rings. The summed E-state index contributed by atoms with van der Waals surface area (Å²) in [7, 11) is 0. The molecule has 0 aliphatic carbocycles. The van der Waals surface area contributed by atoms with Crippen molar-refractivity contribution in [1.82, 2.24) is 24.3 Å². The minimum Gasteiger partial charge on any atom is -0.304 e. The molecule has 0 saturated heterocycles. The van der Waals surface area contributed by atoms with Crippen LogP contribution in [0.2, 0.25) is 0 Å². The van der Waals surface area contributed by atoms with E-state index in [4.69, 9.17) is 0 Å². The first-order chi connectivity index (χ1) is 7.43. The highest BCUT2D eigenvalue weighted by molar-refractivity contribution is 5.56. The smallest absolute Gasteiger partial charge is 0.156 e. The zero-order valence-electron chi connectivity index (χ0n) is 7.78. The summed E-state index contributed by atoms with van der Waals surface area (Å²) in [6, 6.07) is 0. The monoisotopic (exact) mass is 197 g/mol. The van der Waals surface area contributed by atoms with Gasteiger partial charge in [0.05, 0.1) is 12.4 Å². The molecule has 0 aromatic carbocycles. The molecule has 0 radical (unpaired) electrons. The Morgan fingerprint density at radius 2 is 1.87 bits per heavy atom. The Labute approximate surface area is 85.5 Å². The van der Waals surface area contributed by atoms with Crippen LogP contribution in [0.4, 0.5) is 0 Å². The SMILES string of the molecule is c1cnc(-c2cn3ccncc3n2)cn1. The Morgan fingerprint density at radius 1 is 0.933 bits per heavy atom. The van der Waals surface area contributed by atoms with Gasteiger partial charge in [-0.3, -0.25) is 15.0 Å². The Morgan fingerprint density at radius 3 is 2.67 bits per heavy atom. The third-order valence-corrected chi connectivity index (χ3v) is 2.09. The fourth-order valence-electron chi connectivity index (χ4n) is 1.40. The average molecular weight is 197 g/mol. The van der Waals surface area contributed by atoms with Gasteiger partial charge in [-0.15, -0.1) is 0 Å². The summed E-state index contributed by atoms with van der Waals surface area (Å²) in [6.45, 7) is 0. The maximum atomic E-state index is 4.38. The standard InChI is InChI=1S/C10H7N5/c1-2-13-8(5-11-1)9-7-15-4-3-12-6-10(15)14-9/h1-7H. The highest BCUT2D eigenvalue weighted by Gasteiger charge is 2.04. The molecule has 0 atom stereocenters. The van der Waals surface area contributed by atoms with E-state index in [9.17, 15) is 0 Å². The average Bonchev–Trinajstić information content (AvgIpc) is 2.74. The lowest BCUT2D eigenvalue weighted by atomic mass is 10.3. The van der Waals surface area contributed by atoms with Gasteiger partial charge < -0.3 is 4.40 Å². The van der Waals surface area contributed by atoms with Gasteiger partial charge in [0.25, 0.3) is 0 Å². The second kappa shape index (κ2) is 3.13. The van der Waals surface area contributed by atoms with E-state index >= 15 is 0 Å². The third-order valence-electron chi connectivity index (χ3n) is 2.09. The summed E-state index contributed by atoms with van der Waals surface area (Å²) < 4.78 is 1.90. The van der Waals surface area contributed by atoms with Crippen LogP contribution in [0.1, 0.15) is 0 Å². The number of imidazole rings is 1. The van der Waals surface area contributed by atoms with Crippen LogP contribution in [0.5, 0.6) is 0 Å². The molecule has 72 valence electrons. The van der Waals surface area contributed by atoms with Gasteiger partial charge in [-0.25, -0.2) is 4.98 Å². The molecule has 15 heavy (non-hydrogen) atoms. The van der Waals surface area contributed by atoms with Gasteiger partial charge in [0, 0.05) is 31.0 Å². The van der Waals surface area contributed by atoms with E-state index in [0.717, 1.165) is 17.0 Å². The van der Waals surface area contributed by atoms with Crippen LogP contribution >= 0.6 is 0 Å². The molecule has 0 fully saturated rings. The third kappa shape index (κ3) is 1.34. The number of fused-ring (bicyclic) bond motifs is 1. The molecule has 0 unspecified atom stereocenters. The van der Waals surface area contributed by atoms with Crippen molar-refractivity contribution in [1.29, 1.82) is 0 Å². The van der Waals surface area contributed by atoms with E-state index in [1.165, 1.54) is 0 Å². The van der Waals surface area contributed by atoms with Crippen LogP contribution in [0.25, 0.3) is 17.0 Å². The molecular weight excluding hydrogens is 190 g/mol. The quantitative estimate of drug-likeness (QED) is 0.588. The normalized spacial score (nSPS) is 10.7. The van der Waals surface area contributed by atoms with Crippen molar-refractivity contribution in [3.05, 3.63) is 43.4 Å². The van der Waals surface area contributed by atoms with Crippen molar-refractivity contribution in [2.75, 3.05) is 0 Å². The zero-order valence-corrected chi connectivity index (χ0v) is 7.78. The molecule has 5 nitrogen and oxygen atoms in total. The number of rotatable bonds is 1. The predicted octanol–water partition coefficient (Wildman–Crippen LogP) is 1.19. The Kier molecular flexibility index (Phi) is 1.68. The van der Waals surface area contributed by atoms with Crippen LogP contribution in [0, 0.1) is 0 Å². The first-order valence-corrected chi connectivity index (χ1v) is 4.48. The second-order valence-corrected chi connectivity index (χ2v) is 3.06. The lowest BCUT2D eigenvalue weighted by Gasteiger charge is -1.90. The molecule has 3 aromatic heterocycles. The molecule has 0 spiro atoms. The maximum absolute atomic E-state index is 4.38. The molecule has 0 aliphatic rings. The summed E-state index contributed by atoms with van der Waals surface area (Å²) in [4.78, 5) is 16.6. The minimum atomic E-state index is 0.765. The van der Waals surface area contributed by atoms with E-state index in [2.05, 4.69) is 19.9 Å². The highest BCUT2D eigenvalue weighted by atomic mass is 15.0. The van der Waals surface area contributed by atoms with Gasteiger partial charge in [-0.1, -0.05) is 0 Å². The summed E-state index contributed by atoms with van der Waals surface area (Å²) in [6.07, 6.45) is 12.2. The number of nitrogens with zero attached hydrogens (tertiary/aromatic N) is 5. The van der Waals surface area contributed by atoms with Crippen LogP contribution in [0.15, 0.2) is 43.4 Å². The predicted molar refractivity (Wildman–Crippen MR) is 54.0 cm³/mol. The van der Waals surface area contributed by atoms with Crippen molar-refractivity contribution in [3.8, 4) is 11.4 Å². The van der Waals surface area contributed by atoms with E-state index in [1.54, 1.807) is 31.0 Å². The molecule has 0 N–H and O–H groups in total. The van der Waals surface area contributed by atoms with Gasteiger partial charge >= 0.3 is 0 Å². The topological polar surface area (TPSA) is 56.0 Å². The molecular formula is C10H7N5. The lowest BCUT2D eigenvalue weighted by Crippen LogP contribution is -1.83. The van der Waals surface area contributed by atoms with Crippen molar-refractivity contribution in [2.24, 2.45) is 0 Å². The summed E-state index contributed by atoms with van der Waals surface area (Å²) in [5.74, 6) is 0. The summed E-state index contributed by atoms with van der Waals surface area (Å²) in [5, 5.41) is 0. The van der Waals surface area contributed by atoms with Gasteiger partial charge in [0.15, 0.2) is 5.65 Å². The zero-order chi connectivity index (χ0) is 10.1. The lowest BCUT2D eigenvalue weighted by molar-refractivity contribution is 1.13. The molecule has 3 rings (SSSR count). The van der Waals surface area contributed by atoms with E-state index in [-0.39, 0.29) is 0 Å². The van der Waals surface area contributed by atoms with Crippen molar-refractivity contribution < 1.29 is 0 Å². The first-order valence-electron chi connectivity index (χ1n) is 4.48. The maximum Gasteiger partial charge on any atom is 0.156 e. The van der Waals surface area contributed by atoms with Gasteiger partial charge in [-0.05, 0) is 0 Å². The second-order valence-electron chi connectivity index (χ2n) is 3.06. The van der Waals surface area contributed by atoms with E-state index in [1.807, 2.05) is 16.8 Å². The van der Waals surface area contributed by atoms with Crippen molar-refractivity contribution in [3.63, 3.8) is 0 Å². The van der Waals surface area contributed by atoms with Gasteiger partial charge in [-0.2, -0.15) is 0 Å². The number of hydrogen-bond donors (Lipinski definition) is 0. The largest absolute Gasteiger partial charge is 0.304 e. The molecule has 0 amide bonds. The van der Waals surface area contributed by atoms with Gasteiger partial charge in [0.2, 0.25) is 0 Å². The molecule has 0 bridgehead atoms. The fraction of sp³-hybridized carbons (Fsp3) is 0. The van der Waals surface area contributed by atoms with Crippen LogP contribution < -0.4 is 0 Å². The Hall–Kier alpha value is -2.30. The van der Waals surface area contributed by atoms with E-state index < -0.39 is 0 Å². The molecule has 0 saturated carbocycles. The fourth-order valence-corrected chi connectivity index (χ4v) is 1.40. The molecule has 3 heterocycles. The minimum absolute atomic E-state index is 0.765.